The third kappa shape index (κ3) is 4.44. The van der Waals surface area contributed by atoms with Gasteiger partial charge in [0.05, 0.1) is 40.2 Å². The first-order valence-corrected chi connectivity index (χ1v) is 12.9. The van der Waals surface area contributed by atoms with Crippen molar-refractivity contribution in [3.05, 3.63) is 48.7 Å². The molecule has 4 N–H and O–H groups in total. The predicted molar refractivity (Wildman–Crippen MR) is 146 cm³/mol. The molecule has 0 aliphatic carbocycles. The molecule has 10 nitrogen and oxygen atoms in total. The Bertz CT molecular complexity index is 1590. The van der Waals surface area contributed by atoms with Crippen molar-refractivity contribution in [1.29, 1.82) is 0 Å². The van der Waals surface area contributed by atoms with E-state index in [1.54, 1.807) is 24.7 Å². The maximum atomic E-state index is 16.0. The number of nitrogens with one attached hydrogen (secondary N) is 3. The van der Waals surface area contributed by atoms with Crippen LogP contribution >= 0.6 is 0 Å². The van der Waals surface area contributed by atoms with Crippen LogP contribution < -0.4 is 10.2 Å². The number of H-pyrrole nitrogens is 2. The molecule has 0 spiro atoms. The lowest BCUT2D eigenvalue weighted by atomic mass is 10.1. The maximum absolute atomic E-state index is 16.0. The third-order valence-corrected chi connectivity index (χ3v) is 7.01. The van der Waals surface area contributed by atoms with Crippen molar-refractivity contribution in [3.63, 3.8) is 0 Å². The van der Waals surface area contributed by atoms with Gasteiger partial charge in [0.15, 0.2) is 11.6 Å². The normalized spacial score (nSPS) is 15.4. The second kappa shape index (κ2) is 9.99. The van der Waals surface area contributed by atoms with Crippen LogP contribution in [0.4, 0.5) is 15.8 Å². The summed E-state index contributed by atoms with van der Waals surface area (Å²) >= 11 is 0. The van der Waals surface area contributed by atoms with Crippen LogP contribution in [-0.4, -0.2) is 79.6 Å². The number of benzene rings is 1. The van der Waals surface area contributed by atoms with Gasteiger partial charge in [-0.15, -0.1) is 0 Å². The van der Waals surface area contributed by atoms with E-state index < -0.39 is 12.0 Å². The number of rotatable bonds is 7. The Kier molecular flexibility index (Phi) is 6.38. The minimum Gasteiger partial charge on any atom is -0.374 e. The Morgan fingerprint density at radius 3 is 2.76 bits per heavy atom. The number of hydrogen-bond acceptors (Lipinski definition) is 8. The molecule has 1 atom stereocenters. The van der Waals surface area contributed by atoms with Gasteiger partial charge in [-0.1, -0.05) is 19.4 Å². The van der Waals surface area contributed by atoms with Crippen LogP contribution in [0.25, 0.3) is 44.7 Å². The first-order valence-electron chi connectivity index (χ1n) is 12.9. The van der Waals surface area contributed by atoms with E-state index in [9.17, 15) is 5.11 Å². The van der Waals surface area contributed by atoms with Crippen LogP contribution in [0.2, 0.25) is 0 Å². The van der Waals surface area contributed by atoms with Gasteiger partial charge in [-0.3, -0.25) is 15.1 Å². The molecule has 1 aromatic carbocycles. The molecule has 4 aromatic heterocycles. The predicted octanol–water partition coefficient (Wildman–Crippen LogP) is 3.98. The number of aliphatic hydroxyl groups is 1. The van der Waals surface area contributed by atoms with Crippen molar-refractivity contribution in [3.8, 4) is 22.8 Å². The summed E-state index contributed by atoms with van der Waals surface area (Å²) < 4.78 is 16.0. The minimum atomic E-state index is -0.707. The van der Waals surface area contributed by atoms with Crippen LogP contribution in [0.5, 0.6) is 0 Å². The van der Waals surface area contributed by atoms with Crippen molar-refractivity contribution in [2.75, 3.05) is 43.4 Å². The zero-order valence-corrected chi connectivity index (χ0v) is 21.4. The molecule has 11 heteroatoms. The van der Waals surface area contributed by atoms with Gasteiger partial charge in [0, 0.05) is 37.9 Å². The molecule has 38 heavy (non-hydrogen) atoms. The van der Waals surface area contributed by atoms with Crippen molar-refractivity contribution in [2.45, 2.75) is 26.0 Å². The van der Waals surface area contributed by atoms with E-state index in [-0.39, 0.29) is 5.69 Å². The lowest BCUT2D eigenvalue weighted by molar-refractivity contribution is 0.192. The van der Waals surface area contributed by atoms with Crippen LogP contribution in [-0.2, 0) is 0 Å². The van der Waals surface area contributed by atoms with E-state index in [1.807, 2.05) is 19.1 Å². The number of aromatic amines is 2. The average Bonchev–Trinajstić information content (AvgIpc) is 3.54. The highest BCUT2D eigenvalue weighted by molar-refractivity contribution is 5.97. The van der Waals surface area contributed by atoms with E-state index in [1.165, 1.54) is 0 Å². The molecule has 0 bridgehead atoms. The Morgan fingerprint density at radius 2 is 1.95 bits per heavy atom. The Labute approximate surface area is 218 Å². The smallest absolute Gasteiger partial charge is 0.161 e. The molecule has 0 saturated carbocycles. The van der Waals surface area contributed by atoms with Gasteiger partial charge in [-0.05, 0) is 31.7 Å². The van der Waals surface area contributed by atoms with Crippen molar-refractivity contribution in [1.82, 2.24) is 35.0 Å². The zero-order chi connectivity index (χ0) is 26.2. The second-order valence-corrected chi connectivity index (χ2v) is 9.74. The van der Waals surface area contributed by atoms with E-state index in [0.29, 0.717) is 40.1 Å². The van der Waals surface area contributed by atoms with Gasteiger partial charge in [-0.25, -0.2) is 9.37 Å². The number of hydrogen-bond donors (Lipinski definition) is 4. The average molecular weight is 516 g/mol. The van der Waals surface area contributed by atoms with Crippen molar-refractivity contribution in [2.24, 2.45) is 0 Å². The number of piperazine rings is 1. The van der Waals surface area contributed by atoms with E-state index >= 15 is 4.39 Å². The van der Waals surface area contributed by atoms with Gasteiger partial charge >= 0.3 is 0 Å². The highest BCUT2D eigenvalue weighted by atomic mass is 19.1. The topological polar surface area (TPSA) is 122 Å². The summed E-state index contributed by atoms with van der Waals surface area (Å²) in [4.78, 5) is 21.4. The van der Waals surface area contributed by atoms with Gasteiger partial charge < -0.3 is 25.2 Å². The maximum Gasteiger partial charge on any atom is 0.161 e. The van der Waals surface area contributed by atoms with E-state index in [4.69, 9.17) is 4.98 Å². The number of likely N-dealkylation sites (N-methyl/N-ethyl adjacent to an activating group) is 1. The Morgan fingerprint density at radius 1 is 1.11 bits per heavy atom. The van der Waals surface area contributed by atoms with Crippen molar-refractivity contribution >= 4 is 33.3 Å². The lowest BCUT2D eigenvalue weighted by Gasteiger charge is -2.34. The number of fused-ring (bicyclic) bond motifs is 2. The fraction of sp³-hybridized carbons (Fsp3) is 0.333. The molecule has 1 aliphatic heterocycles. The number of pyridine rings is 2. The summed E-state index contributed by atoms with van der Waals surface area (Å²) in [6, 6.07) is 7.79. The summed E-state index contributed by atoms with van der Waals surface area (Å²) in [6.45, 7) is 5.81. The molecule has 1 fully saturated rings. The number of imidazole rings is 1. The first kappa shape index (κ1) is 24.3. The minimum absolute atomic E-state index is 0.149. The fourth-order valence-electron chi connectivity index (χ4n) is 4.97. The Balaban J connectivity index is 1.39. The number of nitrogens with zero attached hydrogens (tertiary/aromatic N) is 6. The monoisotopic (exact) mass is 515 g/mol. The molecule has 1 aliphatic rings. The molecule has 0 radical (unpaired) electrons. The molecule has 1 saturated heterocycles. The molecule has 1 unspecified atom stereocenters. The SMILES string of the molecule is CCCC(O)Nc1cncc(-c2ncc3[nH]nc(-c4nc5c(N6CCN(C)CC6)cccc5[nH]4)c3c2F)c1. The largest absolute Gasteiger partial charge is 0.374 e. The lowest BCUT2D eigenvalue weighted by Crippen LogP contribution is -2.44. The molecule has 196 valence electrons. The molecule has 0 amide bonds. The standard InChI is InChI=1S/C27H30FN9O/c1-3-5-21(38)31-17-12-16(13-29-14-17)24-23(28)22-19(15-30-24)34-35-26(22)27-32-18-6-4-7-20(25(18)33-27)37-10-8-36(2)9-11-37/h4,6-7,12-15,21,31,38H,3,5,8-11H2,1-2H3,(H,32,33)(H,34,35). The number of para-hydroxylation sites is 1. The van der Waals surface area contributed by atoms with Crippen LogP contribution in [0.3, 0.4) is 0 Å². The van der Waals surface area contributed by atoms with Gasteiger partial charge in [0.2, 0.25) is 0 Å². The zero-order valence-electron chi connectivity index (χ0n) is 21.4. The molecular weight excluding hydrogens is 485 g/mol. The number of aromatic nitrogens is 6. The molecule has 6 rings (SSSR count). The van der Waals surface area contributed by atoms with Crippen molar-refractivity contribution < 1.29 is 9.50 Å². The fourth-order valence-corrected chi connectivity index (χ4v) is 4.97. The summed E-state index contributed by atoms with van der Waals surface area (Å²) in [5.74, 6) is -0.0286. The number of aliphatic hydroxyl groups excluding tert-OH is 1. The summed E-state index contributed by atoms with van der Waals surface area (Å²) in [5.41, 5.74) is 4.86. The first-order chi connectivity index (χ1) is 18.5. The summed E-state index contributed by atoms with van der Waals surface area (Å²) in [7, 11) is 2.13. The second-order valence-electron chi connectivity index (χ2n) is 9.74. The van der Waals surface area contributed by atoms with Gasteiger partial charge in [-0.2, -0.15) is 5.10 Å². The highest BCUT2D eigenvalue weighted by Crippen LogP contribution is 2.34. The molecular formula is C27H30FN9O. The number of halogens is 1. The van der Waals surface area contributed by atoms with Gasteiger partial charge in [0.25, 0.3) is 0 Å². The number of anilines is 2. The van der Waals surface area contributed by atoms with Crippen LogP contribution in [0, 0.1) is 5.82 Å². The quantitative estimate of drug-likeness (QED) is 0.240. The molecule has 5 heterocycles. The van der Waals surface area contributed by atoms with Crippen LogP contribution in [0.15, 0.2) is 42.9 Å². The van der Waals surface area contributed by atoms with E-state index in [0.717, 1.165) is 49.3 Å². The highest BCUT2D eigenvalue weighted by Gasteiger charge is 2.23. The van der Waals surface area contributed by atoms with E-state index in [2.05, 4.69) is 53.4 Å². The van der Waals surface area contributed by atoms with Gasteiger partial charge in [0.1, 0.15) is 23.1 Å². The Hall–Kier alpha value is -4.09. The third-order valence-electron chi connectivity index (χ3n) is 7.01. The summed E-state index contributed by atoms with van der Waals surface area (Å²) in [6.07, 6.45) is 5.42. The van der Waals surface area contributed by atoms with Crippen LogP contribution in [0.1, 0.15) is 19.8 Å². The summed E-state index contributed by atoms with van der Waals surface area (Å²) in [5, 5.41) is 20.7. The molecule has 5 aromatic rings.